The monoisotopic (exact) mass is 230 g/mol. The van der Waals surface area contributed by atoms with E-state index in [1.54, 1.807) is 12.4 Å². The predicted molar refractivity (Wildman–Crippen MR) is 75.8 cm³/mol. The Morgan fingerprint density at radius 1 is 0.765 bits per heavy atom. The average molecular weight is 230 g/mol. The smallest absolute Gasteiger partial charge is 0.155 e. The summed E-state index contributed by atoms with van der Waals surface area (Å²) in [4.78, 5) is 8.66. The van der Waals surface area contributed by atoms with Gasteiger partial charge in [0.2, 0.25) is 0 Å². The molecule has 1 heterocycles. The lowest BCUT2D eigenvalue weighted by Gasteiger charge is -1.92. The Kier molecular flexibility index (Phi) is 5.14. The van der Waals surface area contributed by atoms with Gasteiger partial charge in [0.05, 0.1) is 0 Å². The van der Waals surface area contributed by atoms with Crippen LogP contribution in [0.1, 0.15) is 39.2 Å². The maximum Gasteiger partial charge on any atom is 0.155 e. The van der Waals surface area contributed by atoms with Crippen molar-refractivity contribution in [2.45, 2.75) is 27.7 Å². The Morgan fingerprint density at radius 2 is 1.18 bits per heavy atom. The fourth-order valence-corrected chi connectivity index (χ4v) is 1.48. The molecule has 0 aromatic carbocycles. The molecule has 17 heavy (non-hydrogen) atoms. The molecule has 0 saturated carbocycles. The van der Waals surface area contributed by atoms with Gasteiger partial charge in [0.25, 0.3) is 0 Å². The molecule has 0 fully saturated rings. The number of nitrogens with zero attached hydrogens (tertiary/aromatic N) is 2. The summed E-state index contributed by atoms with van der Waals surface area (Å²) in [5, 5.41) is 0. The first-order valence-electron chi connectivity index (χ1n) is 5.68. The van der Waals surface area contributed by atoms with E-state index in [2.05, 4.69) is 9.98 Å². The molecule has 0 amide bonds. The number of rotatable bonds is 4. The zero-order chi connectivity index (χ0) is 12.7. The van der Waals surface area contributed by atoms with Crippen LogP contribution in [0, 0.1) is 0 Å². The van der Waals surface area contributed by atoms with Crippen molar-refractivity contribution >= 4 is 36.0 Å². The molecule has 90 valence electrons. The highest BCUT2D eigenvalue weighted by molar-refractivity contribution is 5.84. The summed E-state index contributed by atoms with van der Waals surface area (Å²) in [6, 6.07) is 0. The molecule has 1 aromatic heterocycles. The third kappa shape index (κ3) is 3.03. The first-order valence-corrected chi connectivity index (χ1v) is 5.68. The Morgan fingerprint density at radius 3 is 1.47 bits per heavy atom. The van der Waals surface area contributed by atoms with Crippen LogP contribution in [0.25, 0.3) is 12.2 Å². The Labute approximate surface area is 102 Å². The van der Waals surface area contributed by atoms with Crippen molar-refractivity contribution in [1.82, 2.24) is 0 Å². The molecule has 3 heteroatoms. The highest BCUT2D eigenvalue weighted by Crippen LogP contribution is 2.39. The van der Waals surface area contributed by atoms with Gasteiger partial charge < -0.3 is 4.42 Å². The van der Waals surface area contributed by atoms with Crippen LogP contribution in [0.2, 0.25) is 0 Å². The van der Waals surface area contributed by atoms with Crippen molar-refractivity contribution in [3.63, 3.8) is 0 Å². The highest BCUT2D eigenvalue weighted by atomic mass is 16.3. The summed E-state index contributed by atoms with van der Waals surface area (Å²) in [7, 11) is 0. The third-order valence-electron chi connectivity index (χ3n) is 2.06. The Bertz CT molecular complexity index is 434. The minimum absolute atomic E-state index is 0.735. The second-order valence-electron chi connectivity index (χ2n) is 3.30. The lowest BCUT2D eigenvalue weighted by atomic mass is 10.2. The second kappa shape index (κ2) is 6.63. The first kappa shape index (κ1) is 13.2. The molecule has 1 rings (SSSR count). The van der Waals surface area contributed by atoms with Gasteiger partial charge in [0.15, 0.2) is 11.5 Å². The van der Waals surface area contributed by atoms with Crippen LogP contribution in [0.3, 0.4) is 0 Å². The molecule has 0 spiro atoms. The summed E-state index contributed by atoms with van der Waals surface area (Å²) >= 11 is 0. The van der Waals surface area contributed by atoms with E-state index in [4.69, 9.17) is 4.42 Å². The van der Waals surface area contributed by atoms with Crippen molar-refractivity contribution in [3.05, 3.63) is 23.7 Å². The molecule has 0 N–H and O–H groups in total. The molecule has 0 aliphatic heterocycles. The van der Waals surface area contributed by atoms with Gasteiger partial charge in [-0.2, -0.15) is 0 Å². The quantitative estimate of drug-likeness (QED) is 0.685. The Hall–Kier alpha value is -1.90. The summed E-state index contributed by atoms with van der Waals surface area (Å²) in [5.41, 5.74) is 1.55. The molecular weight excluding hydrogens is 212 g/mol. The lowest BCUT2D eigenvalue weighted by Crippen LogP contribution is -1.69. The molecule has 1 aromatic rings. The largest absolute Gasteiger partial charge is 0.453 e. The summed E-state index contributed by atoms with van der Waals surface area (Å²) in [6.07, 6.45) is 11.1. The van der Waals surface area contributed by atoms with Crippen molar-refractivity contribution in [1.29, 1.82) is 0 Å². The van der Waals surface area contributed by atoms with Crippen molar-refractivity contribution < 1.29 is 4.42 Å². The SMILES string of the molecule is C/C=C\c1oc(/C=C\C)c(/N=C\C)c1/N=C\C. The number of hydrogen-bond donors (Lipinski definition) is 0. The van der Waals surface area contributed by atoms with Gasteiger partial charge in [-0.3, -0.25) is 9.98 Å². The van der Waals surface area contributed by atoms with Gasteiger partial charge in [-0.25, -0.2) is 0 Å². The molecule has 3 nitrogen and oxygen atoms in total. The molecule has 0 unspecified atom stereocenters. The summed E-state index contributed by atoms with van der Waals surface area (Å²) in [5.74, 6) is 1.47. The van der Waals surface area contributed by atoms with Crippen LogP contribution in [-0.2, 0) is 0 Å². The van der Waals surface area contributed by atoms with E-state index in [0.717, 1.165) is 22.9 Å². The fraction of sp³-hybridized carbons (Fsp3) is 0.286. The van der Waals surface area contributed by atoms with Crippen molar-refractivity contribution in [2.24, 2.45) is 9.98 Å². The van der Waals surface area contributed by atoms with Gasteiger partial charge in [-0.1, -0.05) is 12.2 Å². The zero-order valence-corrected chi connectivity index (χ0v) is 10.8. The zero-order valence-electron chi connectivity index (χ0n) is 10.8. The molecule has 0 radical (unpaired) electrons. The van der Waals surface area contributed by atoms with Crippen LogP contribution in [0.15, 0.2) is 26.6 Å². The van der Waals surface area contributed by atoms with Crippen molar-refractivity contribution in [2.75, 3.05) is 0 Å². The number of allylic oxidation sites excluding steroid dienone is 2. The maximum absolute atomic E-state index is 5.73. The average Bonchev–Trinajstić information content (AvgIpc) is 2.61. The van der Waals surface area contributed by atoms with E-state index in [-0.39, 0.29) is 0 Å². The molecule has 0 aliphatic rings. The fourth-order valence-electron chi connectivity index (χ4n) is 1.48. The summed E-state index contributed by atoms with van der Waals surface area (Å²) in [6.45, 7) is 7.64. The highest BCUT2D eigenvalue weighted by Gasteiger charge is 2.15. The Balaban J connectivity index is 3.47. The van der Waals surface area contributed by atoms with E-state index in [0.29, 0.717) is 0 Å². The van der Waals surface area contributed by atoms with Gasteiger partial charge in [-0.05, 0) is 39.8 Å². The van der Waals surface area contributed by atoms with E-state index < -0.39 is 0 Å². The normalized spacial score (nSPS) is 12.9. The van der Waals surface area contributed by atoms with E-state index >= 15 is 0 Å². The predicted octanol–water partition coefficient (Wildman–Crippen LogP) is 4.79. The van der Waals surface area contributed by atoms with Crippen molar-refractivity contribution in [3.8, 4) is 0 Å². The van der Waals surface area contributed by atoms with Crippen LogP contribution in [0.5, 0.6) is 0 Å². The summed E-state index contributed by atoms with van der Waals surface area (Å²) < 4.78 is 5.73. The van der Waals surface area contributed by atoms with Gasteiger partial charge >= 0.3 is 0 Å². The first-order chi connectivity index (χ1) is 8.28. The molecule has 0 bridgehead atoms. The van der Waals surface area contributed by atoms with Crippen LogP contribution in [-0.4, -0.2) is 12.4 Å². The third-order valence-corrected chi connectivity index (χ3v) is 2.06. The maximum atomic E-state index is 5.73. The minimum atomic E-state index is 0.735. The van der Waals surface area contributed by atoms with Gasteiger partial charge in [-0.15, -0.1) is 0 Å². The lowest BCUT2D eigenvalue weighted by molar-refractivity contribution is 0.548. The van der Waals surface area contributed by atoms with Crippen LogP contribution in [0.4, 0.5) is 11.4 Å². The van der Waals surface area contributed by atoms with E-state index in [1.165, 1.54) is 0 Å². The topological polar surface area (TPSA) is 37.9 Å². The van der Waals surface area contributed by atoms with E-state index in [9.17, 15) is 0 Å². The number of aliphatic imine (C=N–C) groups is 2. The number of hydrogen-bond acceptors (Lipinski definition) is 3. The molecular formula is C14H18N2O. The molecule has 0 aliphatic carbocycles. The van der Waals surface area contributed by atoms with E-state index in [1.807, 2.05) is 52.0 Å². The second-order valence-corrected chi connectivity index (χ2v) is 3.30. The van der Waals surface area contributed by atoms with Gasteiger partial charge in [0.1, 0.15) is 11.4 Å². The number of furan rings is 1. The minimum Gasteiger partial charge on any atom is -0.453 e. The molecule has 0 atom stereocenters. The molecule has 0 saturated heterocycles. The van der Waals surface area contributed by atoms with Gasteiger partial charge in [0, 0.05) is 12.4 Å². The van der Waals surface area contributed by atoms with Crippen LogP contribution < -0.4 is 0 Å². The standard InChI is InChI=1S/C14H18N2O/c1-5-9-11-13(15-7-3)14(16-8-4)12(17-11)10-6-2/h5-10H,1-4H3/b9-5-,10-6-,15-7-,16-8-. The van der Waals surface area contributed by atoms with Crippen LogP contribution >= 0.6 is 0 Å².